The Morgan fingerprint density at radius 2 is 1.96 bits per heavy atom. The first-order chi connectivity index (χ1) is 11.3. The minimum atomic E-state index is -0.0605. The Balaban J connectivity index is 1.61. The summed E-state index contributed by atoms with van der Waals surface area (Å²) in [7, 11) is 0. The smallest absolute Gasteiger partial charge is 0.244 e. The van der Waals surface area contributed by atoms with Crippen LogP contribution in [0.3, 0.4) is 0 Å². The molecular weight excluding hydrogens is 308 g/mol. The first-order valence-electron chi connectivity index (χ1n) is 7.22. The summed E-state index contributed by atoms with van der Waals surface area (Å²) in [4.78, 5) is 17.8. The molecule has 3 aromatic heterocycles. The molecule has 0 saturated heterocycles. The number of fused-ring (bicyclic) bond motifs is 1. The Morgan fingerprint density at radius 3 is 2.78 bits per heavy atom. The standard InChI is InChI=1S/C17H14N4OS/c22-16(12-20-7-3-4-8-20)18-14-6-2-1-5-13(14)15-11-21-9-10-23-17(21)19-15/h1-11H,12H2,(H,18,22). The van der Waals surface area contributed by atoms with Crippen LogP contribution in [0.5, 0.6) is 0 Å². The van der Waals surface area contributed by atoms with Crippen LogP contribution in [-0.4, -0.2) is 19.9 Å². The Bertz CT molecular complexity index is 923. The molecule has 3 heterocycles. The fourth-order valence-corrected chi connectivity index (χ4v) is 3.20. The molecule has 4 rings (SSSR count). The summed E-state index contributed by atoms with van der Waals surface area (Å²) in [5, 5.41) is 4.98. The average Bonchev–Trinajstić information content (AvgIpc) is 3.24. The van der Waals surface area contributed by atoms with Gasteiger partial charge >= 0.3 is 0 Å². The molecule has 0 atom stereocenters. The van der Waals surface area contributed by atoms with Gasteiger partial charge in [0.25, 0.3) is 0 Å². The van der Waals surface area contributed by atoms with Gasteiger partial charge in [0.2, 0.25) is 5.91 Å². The fraction of sp³-hybridized carbons (Fsp3) is 0.0588. The number of para-hydroxylation sites is 1. The second-order valence-electron chi connectivity index (χ2n) is 5.17. The van der Waals surface area contributed by atoms with Gasteiger partial charge in [-0.2, -0.15) is 0 Å². The molecule has 0 radical (unpaired) electrons. The normalized spacial score (nSPS) is 11.0. The number of hydrogen-bond donors (Lipinski definition) is 1. The zero-order valence-electron chi connectivity index (χ0n) is 12.2. The van der Waals surface area contributed by atoms with Gasteiger partial charge in [-0.05, 0) is 18.2 Å². The van der Waals surface area contributed by atoms with E-state index in [-0.39, 0.29) is 5.91 Å². The predicted molar refractivity (Wildman–Crippen MR) is 91.6 cm³/mol. The molecular formula is C17H14N4OS. The van der Waals surface area contributed by atoms with Crippen molar-refractivity contribution in [3.8, 4) is 11.3 Å². The lowest BCUT2D eigenvalue weighted by molar-refractivity contribution is -0.116. The molecule has 0 aliphatic rings. The van der Waals surface area contributed by atoms with Crippen molar-refractivity contribution < 1.29 is 4.79 Å². The van der Waals surface area contributed by atoms with E-state index in [2.05, 4.69) is 10.3 Å². The molecule has 0 saturated carbocycles. The Hall–Kier alpha value is -2.86. The number of nitrogens with zero attached hydrogens (tertiary/aromatic N) is 3. The third-order valence-corrected chi connectivity index (χ3v) is 4.33. The first kappa shape index (κ1) is 13.8. The molecule has 6 heteroatoms. The van der Waals surface area contributed by atoms with E-state index in [1.54, 1.807) is 11.3 Å². The molecule has 1 amide bonds. The molecule has 4 aromatic rings. The molecule has 1 aromatic carbocycles. The molecule has 23 heavy (non-hydrogen) atoms. The lowest BCUT2D eigenvalue weighted by Crippen LogP contribution is -2.18. The van der Waals surface area contributed by atoms with Crippen LogP contribution >= 0.6 is 11.3 Å². The average molecular weight is 322 g/mol. The summed E-state index contributed by atoms with van der Waals surface area (Å²) < 4.78 is 3.82. The number of thiazole rings is 1. The van der Waals surface area contributed by atoms with Gasteiger partial charge in [0.05, 0.1) is 11.4 Å². The highest BCUT2D eigenvalue weighted by Crippen LogP contribution is 2.28. The van der Waals surface area contributed by atoms with Gasteiger partial charge in [0.1, 0.15) is 6.54 Å². The van der Waals surface area contributed by atoms with E-state index in [9.17, 15) is 4.79 Å². The monoisotopic (exact) mass is 322 g/mol. The van der Waals surface area contributed by atoms with Gasteiger partial charge < -0.3 is 9.88 Å². The highest BCUT2D eigenvalue weighted by molar-refractivity contribution is 7.15. The SMILES string of the molecule is O=C(Cn1cccc1)Nc1ccccc1-c1cn2ccsc2n1. The van der Waals surface area contributed by atoms with E-state index in [0.717, 1.165) is 21.9 Å². The number of anilines is 1. The van der Waals surface area contributed by atoms with E-state index in [0.29, 0.717) is 6.54 Å². The van der Waals surface area contributed by atoms with Gasteiger partial charge in [-0.25, -0.2) is 4.98 Å². The Kier molecular flexibility index (Phi) is 3.44. The van der Waals surface area contributed by atoms with Crippen LogP contribution in [0.2, 0.25) is 0 Å². The Labute approximate surface area is 136 Å². The minimum absolute atomic E-state index is 0.0605. The maximum atomic E-state index is 12.2. The van der Waals surface area contributed by atoms with Crippen molar-refractivity contribution in [2.24, 2.45) is 0 Å². The van der Waals surface area contributed by atoms with Crippen molar-refractivity contribution in [3.05, 3.63) is 66.6 Å². The third kappa shape index (κ3) is 2.76. The topological polar surface area (TPSA) is 51.3 Å². The van der Waals surface area contributed by atoms with Crippen LogP contribution in [0, 0.1) is 0 Å². The van der Waals surface area contributed by atoms with E-state index < -0.39 is 0 Å². The van der Waals surface area contributed by atoms with E-state index in [1.165, 1.54) is 0 Å². The molecule has 0 aliphatic carbocycles. The maximum absolute atomic E-state index is 12.2. The van der Waals surface area contributed by atoms with E-state index >= 15 is 0 Å². The van der Waals surface area contributed by atoms with Crippen molar-refractivity contribution in [3.63, 3.8) is 0 Å². The molecule has 5 nitrogen and oxygen atoms in total. The zero-order chi connectivity index (χ0) is 15.6. The van der Waals surface area contributed by atoms with Crippen molar-refractivity contribution >= 4 is 27.9 Å². The number of carbonyl (C=O) groups is 1. The van der Waals surface area contributed by atoms with Crippen molar-refractivity contribution in [1.82, 2.24) is 14.0 Å². The Morgan fingerprint density at radius 1 is 1.13 bits per heavy atom. The molecule has 0 unspecified atom stereocenters. The second-order valence-corrected chi connectivity index (χ2v) is 6.04. The first-order valence-corrected chi connectivity index (χ1v) is 8.10. The largest absolute Gasteiger partial charge is 0.345 e. The zero-order valence-corrected chi connectivity index (χ0v) is 13.0. The van der Waals surface area contributed by atoms with Crippen LogP contribution in [-0.2, 0) is 11.3 Å². The van der Waals surface area contributed by atoms with Crippen molar-refractivity contribution in [1.29, 1.82) is 0 Å². The quantitative estimate of drug-likeness (QED) is 0.625. The van der Waals surface area contributed by atoms with Gasteiger partial charge in [0.15, 0.2) is 4.96 Å². The second kappa shape index (κ2) is 5.73. The summed E-state index contributed by atoms with van der Waals surface area (Å²) in [6.07, 6.45) is 7.69. The minimum Gasteiger partial charge on any atom is -0.345 e. The van der Waals surface area contributed by atoms with E-state index in [1.807, 2.05) is 75.5 Å². The highest BCUT2D eigenvalue weighted by atomic mass is 32.1. The number of amides is 1. The number of nitrogens with one attached hydrogen (secondary N) is 1. The third-order valence-electron chi connectivity index (χ3n) is 3.56. The lowest BCUT2D eigenvalue weighted by atomic mass is 10.1. The molecule has 0 spiro atoms. The summed E-state index contributed by atoms with van der Waals surface area (Å²) in [5.74, 6) is -0.0605. The number of carbonyl (C=O) groups excluding carboxylic acids is 1. The van der Waals surface area contributed by atoms with Gasteiger partial charge in [-0.1, -0.05) is 18.2 Å². The predicted octanol–water partition coefficient (Wildman–Crippen LogP) is 3.50. The summed E-state index contributed by atoms with van der Waals surface area (Å²) in [6, 6.07) is 11.5. The summed E-state index contributed by atoms with van der Waals surface area (Å²) >= 11 is 1.59. The van der Waals surface area contributed by atoms with Crippen LogP contribution in [0.4, 0.5) is 5.69 Å². The lowest BCUT2D eigenvalue weighted by Gasteiger charge is -2.10. The van der Waals surface area contributed by atoms with E-state index in [4.69, 9.17) is 0 Å². The molecule has 0 aliphatic heterocycles. The molecule has 0 bridgehead atoms. The van der Waals surface area contributed by atoms with Crippen LogP contribution in [0.15, 0.2) is 66.6 Å². The number of aromatic nitrogens is 3. The maximum Gasteiger partial charge on any atom is 0.244 e. The molecule has 1 N–H and O–H groups in total. The number of imidazole rings is 1. The number of hydrogen-bond acceptors (Lipinski definition) is 3. The van der Waals surface area contributed by atoms with Crippen LogP contribution < -0.4 is 5.32 Å². The fourth-order valence-electron chi connectivity index (χ4n) is 2.50. The van der Waals surface area contributed by atoms with Crippen LogP contribution in [0.25, 0.3) is 16.2 Å². The summed E-state index contributed by atoms with van der Waals surface area (Å²) in [5.41, 5.74) is 2.55. The highest BCUT2D eigenvalue weighted by Gasteiger charge is 2.12. The number of rotatable bonds is 4. The molecule has 0 fully saturated rings. The van der Waals surface area contributed by atoms with Crippen molar-refractivity contribution in [2.45, 2.75) is 6.54 Å². The van der Waals surface area contributed by atoms with Crippen LogP contribution in [0.1, 0.15) is 0 Å². The number of benzene rings is 1. The van der Waals surface area contributed by atoms with Crippen molar-refractivity contribution in [2.75, 3.05) is 5.32 Å². The summed E-state index contributed by atoms with van der Waals surface area (Å²) in [6.45, 7) is 0.291. The molecule has 114 valence electrons. The van der Waals surface area contributed by atoms with Gasteiger partial charge in [-0.15, -0.1) is 11.3 Å². The van der Waals surface area contributed by atoms with Gasteiger partial charge in [-0.3, -0.25) is 9.20 Å². The van der Waals surface area contributed by atoms with Gasteiger partial charge in [0, 0.05) is 35.7 Å².